The van der Waals surface area contributed by atoms with Gasteiger partial charge in [-0.15, -0.1) is 0 Å². The summed E-state index contributed by atoms with van der Waals surface area (Å²) in [6.07, 6.45) is 2.83. The highest BCUT2D eigenvalue weighted by Crippen LogP contribution is 2.58. The van der Waals surface area contributed by atoms with E-state index in [1.54, 1.807) is 7.11 Å². The molecular formula is C23H23ClN2O4. The van der Waals surface area contributed by atoms with Crippen LogP contribution in [0.15, 0.2) is 36.4 Å². The van der Waals surface area contributed by atoms with Crippen LogP contribution in [0.1, 0.15) is 30.9 Å². The Morgan fingerprint density at radius 1 is 1.20 bits per heavy atom. The van der Waals surface area contributed by atoms with Crippen molar-refractivity contribution in [2.75, 3.05) is 31.9 Å². The number of nitrogens with zero attached hydrogens (tertiary/aromatic N) is 2. The standard InChI is InChI=1S/C23H23ClN2O4/c1-28-16-5-2-4-15(9-16)25-12-14-8-19(26-7-3-6-23(14,26)22(25)27)17-10-20-21(11-18(17)24)30-13-29-20/h2,4-5,9-11,14,19H,3,6-8,12-13H2,1H3/t14-,19-,23-/m0/s1. The first-order valence-corrected chi connectivity index (χ1v) is 10.8. The number of anilines is 1. The first-order valence-electron chi connectivity index (χ1n) is 10.4. The molecule has 2 aromatic rings. The third-order valence-electron chi connectivity index (χ3n) is 7.26. The summed E-state index contributed by atoms with van der Waals surface area (Å²) in [7, 11) is 1.65. The van der Waals surface area contributed by atoms with E-state index in [9.17, 15) is 4.79 Å². The molecule has 6 nitrogen and oxygen atoms in total. The number of ether oxygens (including phenoxy) is 3. The molecule has 4 aliphatic heterocycles. The van der Waals surface area contributed by atoms with Crippen molar-refractivity contribution in [3.8, 4) is 17.2 Å². The molecule has 0 aromatic heterocycles. The van der Waals surface area contributed by atoms with E-state index in [4.69, 9.17) is 25.8 Å². The van der Waals surface area contributed by atoms with Gasteiger partial charge in [0, 0.05) is 41.3 Å². The molecule has 3 fully saturated rings. The summed E-state index contributed by atoms with van der Waals surface area (Å²) < 4.78 is 16.4. The van der Waals surface area contributed by atoms with Gasteiger partial charge in [-0.2, -0.15) is 0 Å². The van der Waals surface area contributed by atoms with Crippen LogP contribution in [0, 0.1) is 5.92 Å². The van der Waals surface area contributed by atoms with Crippen molar-refractivity contribution in [1.29, 1.82) is 0 Å². The predicted molar refractivity (Wildman–Crippen MR) is 112 cm³/mol. The van der Waals surface area contributed by atoms with E-state index < -0.39 is 5.54 Å². The third kappa shape index (κ3) is 2.38. The van der Waals surface area contributed by atoms with Gasteiger partial charge < -0.3 is 19.1 Å². The molecular weight excluding hydrogens is 404 g/mol. The van der Waals surface area contributed by atoms with E-state index in [0.717, 1.165) is 55.1 Å². The Kier molecular flexibility index (Phi) is 3.99. The summed E-state index contributed by atoms with van der Waals surface area (Å²) in [4.78, 5) is 18.2. The molecule has 3 saturated heterocycles. The van der Waals surface area contributed by atoms with Gasteiger partial charge in [0.25, 0.3) is 0 Å². The van der Waals surface area contributed by atoms with Crippen molar-refractivity contribution in [2.24, 2.45) is 5.92 Å². The second kappa shape index (κ2) is 6.53. The average molecular weight is 427 g/mol. The minimum atomic E-state index is -0.437. The highest BCUT2D eigenvalue weighted by Gasteiger charge is 2.65. The Labute approximate surface area is 180 Å². The zero-order valence-electron chi connectivity index (χ0n) is 16.8. The van der Waals surface area contributed by atoms with E-state index >= 15 is 0 Å². The fourth-order valence-corrected chi connectivity index (χ4v) is 6.26. The molecule has 3 atom stereocenters. The van der Waals surface area contributed by atoms with Crippen LogP contribution >= 0.6 is 11.6 Å². The van der Waals surface area contributed by atoms with Crippen LogP contribution in [0.3, 0.4) is 0 Å². The molecule has 2 aromatic carbocycles. The number of hydrogen-bond acceptors (Lipinski definition) is 5. The van der Waals surface area contributed by atoms with Crippen molar-refractivity contribution in [1.82, 2.24) is 4.90 Å². The Hall–Kier alpha value is -2.44. The lowest BCUT2D eigenvalue weighted by molar-refractivity contribution is -0.126. The number of halogens is 1. The fourth-order valence-electron chi connectivity index (χ4n) is 5.98. The van der Waals surface area contributed by atoms with E-state index in [-0.39, 0.29) is 24.7 Å². The van der Waals surface area contributed by atoms with Crippen LogP contribution in [0.25, 0.3) is 0 Å². The molecule has 4 aliphatic rings. The van der Waals surface area contributed by atoms with Gasteiger partial charge in [0.2, 0.25) is 12.7 Å². The summed E-state index contributed by atoms with van der Waals surface area (Å²) in [5, 5.41) is 0.684. The second-order valence-corrected chi connectivity index (χ2v) is 8.92. The third-order valence-corrected chi connectivity index (χ3v) is 7.59. The molecule has 1 spiro atoms. The van der Waals surface area contributed by atoms with Gasteiger partial charge in [-0.3, -0.25) is 9.69 Å². The van der Waals surface area contributed by atoms with Gasteiger partial charge in [-0.1, -0.05) is 17.7 Å². The number of hydrogen-bond donors (Lipinski definition) is 0. The number of methoxy groups -OCH3 is 1. The number of amides is 1. The van der Waals surface area contributed by atoms with E-state index in [2.05, 4.69) is 4.90 Å². The van der Waals surface area contributed by atoms with Crippen molar-refractivity contribution in [2.45, 2.75) is 30.8 Å². The quantitative estimate of drug-likeness (QED) is 0.742. The maximum Gasteiger partial charge on any atom is 0.247 e. The van der Waals surface area contributed by atoms with Crippen molar-refractivity contribution >= 4 is 23.2 Å². The van der Waals surface area contributed by atoms with Gasteiger partial charge in [0.1, 0.15) is 11.3 Å². The number of carbonyl (C=O) groups is 1. The molecule has 0 bridgehead atoms. The van der Waals surface area contributed by atoms with Gasteiger partial charge in [0.05, 0.1) is 7.11 Å². The summed E-state index contributed by atoms with van der Waals surface area (Å²) in [5.74, 6) is 2.67. The monoisotopic (exact) mass is 426 g/mol. The Morgan fingerprint density at radius 3 is 2.87 bits per heavy atom. The van der Waals surface area contributed by atoms with E-state index in [1.807, 2.05) is 41.3 Å². The summed E-state index contributed by atoms with van der Waals surface area (Å²) >= 11 is 6.66. The van der Waals surface area contributed by atoms with Gasteiger partial charge in [0.15, 0.2) is 11.5 Å². The van der Waals surface area contributed by atoms with Crippen molar-refractivity contribution in [3.63, 3.8) is 0 Å². The molecule has 1 amide bonds. The minimum absolute atomic E-state index is 0.121. The normalized spacial score (nSPS) is 29.4. The van der Waals surface area contributed by atoms with Crippen molar-refractivity contribution in [3.05, 3.63) is 47.0 Å². The van der Waals surface area contributed by atoms with Gasteiger partial charge in [-0.05, 0) is 49.6 Å². The van der Waals surface area contributed by atoms with Crippen LogP contribution in [0.5, 0.6) is 17.2 Å². The largest absolute Gasteiger partial charge is 0.497 e. The summed E-state index contributed by atoms with van der Waals surface area (Å²) in [6.45, 7) is 1.86. The summed E-state index contributed by atoms with van der Waals surface area (Å²) in [5.41, 5.74) is 1.51. The summed E-state index contributed by atoms with van der Waals surface area (Å²) in [6, 6.07) is 11.8. The fraction of sp³-hybridized carbons (Fsp3) is 0.435. The van der Waals surface area contributed by atoms with E-state index in [0.29, 0.717) is 10.8 Å². The lowest BCUT2D eigenvalue weighted by Crippen LogP contribution is -2.49. The van der Waals surface area contributed by atoms with Crippen molar-refractivity contribution < 1.29 is 19.0 Å². The zero-order valence-corrected chi connectivity index (χ0v) is 17.5. The molecule has 6 rings (SSSR count). The first-order chi connectivity index (χ1) is 14.6. The highest BCUT2D eigenvalue weighted by molar-refractivity contribution is 6.31. The molecule has 156 valence electrons. The van der Waals surface area contributed by atoms with Gasteiger partial charge in [-0.25, -0.2) is 0 Å². The maximum atomic E-state index is 13.8. The molecule has 30 heavy (non-hydrogen) atoms. The smallest absolute Gasteiger partial charge is 0.247 e. The zero-order chi connectivity index (χ0) is 20.5. The van der Waals surface area contributed by atoms with Gasteiger partial charge >= 0.3 is 0 Å². The highest BCUT2D eigenvalue weighted by atomic mass is 35.5. The maximum absolute atomic E-state index is 13.8. The number of carbonyl (C=O) groups excluding carboxylic acids is 1. The molecule has 0 unspecified atom stereocenters. The van der Waals surface area contributed by atoms with Crippen LogP contribution in [0.2, 0.25) is 5.02 Å². The first kappa shape index (κ1) is 18.3. The molecule has 0 radical (unpaired) electrons. The SMILES string of the molecule is COc1cccc(N2C[C@@H]3C[C@@H](c4cc5c(cc4Cl)OCO5)N4CCC[C@@]34C2=O)c1. The van der Waals surface area contributed by atoms with Crippen LogP contribution < -0.4 is 19.1 Å². The lowest BCUT2D eigenvalue weighted by atomic mass is 9.85. The number of benzene rings is 2. The molecule has 0 saturated carbocycles. The average Bonchev–Trinajstić information content (AvgIpc) is 3.50. The Balaban J connectivity index is 1.36. The van der Waals surface area contributed by atoms with Crippen LogP contribution in [0.4, 0.5) is 5.69 Å². The molecule has 0 N–H and O–H groups in total. The van der Waals surface area contributed by atoms with Crippen LogP contribution in [-0.4, -0.2) is 43.3 Å². The lowest BCUT2D eigenvalue weighted by Gasteiger charge is -2.34. The molecule has 4 heterocycles. The van der Waals surface area contributed by atoms with E-state index in [1.165, 1.54) is 0 Å². The van der Waals surface area contributed by atoms with Crippen LogP contribution in [-0.2, 0) is 4.79 Å². The number of fused-ring (bicyclic) bond motifs is 1. The topological polar surface area (TPSA) is 51.2 Å². The predicted octanol–water partition coefficient (Wildman–Crippen LogP) is 4.02. The Bertz CT molecular complexity index is 1040. The Morgan fingerprint density at radius 2 is 2.03 bits per heavy atom. The second-order valence-electron chi connectivity index (χ2n) is 8.51. The minimum Gasteiger partial charge on any atom is -0.497 e. The molecule has 0 aliphatic carbocycles. The number of rotatable bonds is 3. The molecule has 7 heteroatoms.